The molecule has 1 aliphatic heterocycles. The number of nitrogens with zero attached hydrogens (tertiary/aromatic N) is 2. The molecular weight excluding hydrogens is 379 g/mol. The van der Waals surface area contributed by atoms with E-state index in [-0.39, 0.29) is 17.2 Å². The number of hydrogen-bond donors (Lipinski definition) is 1. The third-order valence-corrected chi connectivity index (χ3v) is 5.20. The van der Waals surface area contributed by atoms with E-state index in [4.69, 9.17) is 4.74 Å². The fourth-order valence-corrected chi connectivity index (χ4v) is 3.85. The summed E-state index contributed by atoms with van der Waals surface area (Å²) >= 11 is 0. The first-order valence-corrected chi connectivity index (χ1v) is 9.53. The average molecular weight is 401 g/mol. The summed E-state index contributed by atoms with van der Waals surface area (Å²) in [6, 6.07) is 16.7. The molecule has 0 spiro atoms. The molecule has 0 radical (unpaired) electrons. The molecule has 0 amide bonds. The number of alkyl halides is 3. The van der Waals surface area contributed by atoms with Crippen molar-refractivity contribution in [1.82, 2.24) is 10.3 Å². The van der Waals surface area contributed by atoms with Gasteiger partial charge >= 0.3 is 6.18 Å². The van der Waals surface area contributed by atoms with Crippen molar-refractivity contribution in [3.63, 3.8) is 0 Å². The summed E-state index contributed by atoms with van der Waals surface area (Å²) in [5, 5.41) is 4.05. The number of halogens is 3. The molecule has 2 heterocycles. The number of aromatic nitrogens is 1. The Morgan fingerprint density at radius 1 is 1.14 bits per heavy atom. The summed E-state index contributed by atoms with van der Waals surface area (Å²) in [6.45, 7) is 1.59. The van der Waals surface area contributed by atoms with Crippen molar-refractivity contribution in [2.24, 2.45) is 0 Å². The van der Waals surface area contributed by atoms with Gasteiger partial charge in [0.1, 0.15) is 11.3 Å². The van der Waals surface area contributed by atoms with E-state index in [1.54, 1.807) is 29.2 Å². The summed E-state index contributed by atoms with van der Waals surface area (Å²) in [5.74, 6) is 0.335. The molecule has 1 aromatic heterocycles. The van der Waals surface area contributed by atoms with Crippen molar-refractivity contribution in [2.75, 3.05) is 31.6 Å². The average Bonchev–Trinajstić information content (AvgIpc) is 2.72. The van der Waals surface area contributed by atoms with Crippen LogP contribution in [0.15, 0.2) is 54.6 Å². The number of benzene rings is 2. The third-order valence-electron chi connectivity index (χ3n) is 5.20. The van der Waals surface area contributed by atoms with Gasteiger partial charge in [0.25, 0.3) is 0 Å². The zero-order valence-electron chi connectivity index (χ0n) is 16.0. The van der Waals surface area contributed by atoms with Gasteiger partial charge in [-0.25, -0.2) is 4.98 Å². The molecule has 0 aliphatic carbocycles. The van der Waals surface area contributed by atoms with Crippen LogP contribution in [0.4, 0.5) is 18.9 Å². The topological polar surface area (TPSA) is 37.4 Å². The van der Waals surface area contributed by atoms with Crippen molar-refractivity contribution >= 4 is 16.6 Å². The van der Waals surface area contributed by atoms with E-state index < -0.39 is 11.9 Å². The van der Waals surface area contributed by atoms with E-state index in [0.717, 1.165) is 12.0 Å². The second kappa shape index (κ2) is 7.91. The highest BCUT2D eigenvalue weighted by atomic mass is 19.4. The van der Waals surface area contributed by atoms with E-state index >= 15 is 0 Å². The molecule has 0 unspecified atom stereocenters. The highest BCUT2D eigenvalue weighted by Gasteiger charge is 2.38. The standard InChI is InChI=1S/C22H22F3N3O/c1-29-19-9-5-8-16-13-18(21(22(23,24)25)27-20(16)19)28-11-10-26-17(14-28)12-15-6-3-2-4-7-15/h2-9,13,17,26H,10-12,14H2,1H3/t17-/m0/s1. The molecule has 29 heavy (non-hydrogen) atoms. The van der Waals surface area contributed by atoms with Gasteiger partial charge in [-0.3, -0.25) is 0 Å². The fraction of sp³-hybridized carbons (Fsp3) is 0.318. The molecule has 1 fully saturated rings. The molecule has 4 nitrogen and oxygen atoms in total. The molecular formula is C22H22F3N3O. The van der Waals surface area contributed by atoms with Gasteiger partial charge in [-0.15, -0.1) is 0 Å². The van der Waals surface area contributed by atoms with Crippen LogP contribution in [0.5, 0.6) is 5.75 Å². The van der Waals surface area contributed by atoms with Crippen LogP contribution in [0.3, 0.4) is 0 Å². The summed E-state index contributed by atoms with van der Waals surface area (Å²) in [6.07, 6.45) is -3.79. The molecule has 0 bridgehead atoms. The minimum atomic E-state index is -4.55. The number of rotatable bonds is 4. The molecule has 1 aliphatic rings. The number of methoxy groups -OCH3 is 1. The number of piperazine rings is 1. The Kier molecular flexibility index (Phi) is 5.32. The molecule has 152 valence electrons. The molecule has 1 saturated heterocycles. The minimum absolute atomic E-state index is 0.0632. The Bertz CT molecular complexity index is 992. The van der Waals surface area contributed by atoms with E-state index in [9.17, 15) is 13.2 Å². The second-order valence-corrected chi connectivity index (χ2v) is 7.17. The maximum absolute atomic E-state index is 13.9. The predicted octanol–water partition coefficient (Wildman–Crippen LogP) is 4.28. The highest BCUT2D eigenvalue weighted by Crippen LogP contribution is 2.39. The normalized spacial score (nSPS) is 17.5. The van der Waals surface area contributed by atoms with Crippen LogP contribution in [-0.4, -0.2) is 37.8 Å². The second-order valence-electron chi connectivity index (χ2n) is 7.17. The fourth-order valence-electron chi connectivity index (χ4n) is 3.85. The molecule has 2 aromatic carbocycles. The Morgan fingerprint density at radius 3 is 2.66 bits per heavy atom. The number of nitrogens with one attached hydrogen (secondary N) is 1. The zero-order valence-corrected chi connectivity index (χ0v) is 16.0. The lowest BCUT2D eigenvalue weighted by Crippen LogP contribution is -2.52. The third kappa shape index (κ3) is 4.15. The van der Waals surface area contributed by atoms with Crippen LogP contribution < -0.4 is 15.0 Å². The van der Waals surface area contributed by atoms with Crippen LogP contribution in [0, 0.1) is 0 Å². The quantitative estimate of drug-likeness (QED) is 0.708. The lowest BCUT2D eigenvalue weighted by atomic mass is 10.0. The number of fused-ring (bicyclic) bond motifs is 1. The Morgan fingerprint density at radius 2 is 1.93 bits per heavy atom. The van der Waals surface area contributed by atoms with Crippen LogP contribution in [0.2, 0.25) is 0 Å². The Labute approximate surface area is 167 Å². The van der Waals surface area contributed by atoms with E-state index in [1.165, 1.54) is 7.11 Å². The SMILES string of the molecule is COc1cccc2cc(N3CCN[C@@H](Cc4ccccc4)C3)c(C(F)(F)F)nc12. The molecule has 7 heteroatoms. The maximum Gasteiger partial charge on any atom is 0.435 e. The van der Waals surface area contributed by atoms with E-state index in [1.807, 2.05) is 30.3 Å². The van der Waals surface area contributed by atoms with Crippen molar-refractivity contribution in [2.45, 2.75) is 18.6 Å². The number of hydrogen-bond acceptors (Lipinski definition) is 4. The van der Waals surface area contributed by atoms with Gasteiger partial charge < -0.3 is 15.0 Å². The van der Waals surface area contributed by atoms with Gasteiger partial charge in [-0.2, -0.15) is 13.2 Å². The molecule has 0 saturated carbocycles. The van der Waals surface area contributed by atoms with Crippen molar-refractivity contribution in [3.05, 3.63) is 65.9 Å². The minimum Gasteiger partial charge on any atom is -0.494 e. The number of anilines is 1. The van der Waals surface area contributed by atoms with Crippen LogP contribution in [-0.2, 0) is 12.6 Å². The van der Waals surface area contributed by atoms with Gasteiger partial charge in [-0.1, -0.05) is 42.5 Å². The van der Waals surface area contributed by atoms with Gasteiger partial charge in [0, 0.05) is 31.1 Å². The van der Waals surface area contributed by atoms with Gasteiger partial charge in [-0.05, 0) is 24.1 Å². The molecule has 1 atom stereocenters. The molecule has 4 rings (SSSR count). The summed E-state index contributed by atoms with van der Waals surface area (Å²) in [4.78, 5) is 5.78. The van der Waals surface area contributed by atoms with Crippen LogP contribution >= 0.6 is 0 Å². The summed E-state index contributed by atoms with van der Waals surface area (Å²) < 4.78 is 46.8. The molecule has 3 aromatic rings. The Balaban J connectivity index is 1.70. The van der Waals surface area contributed by atoms with Gasteiger partial charge in [0.15, 0.2) is 5.69 Å². The number of ether oxygens (including phenoxy) is 1. The van der Waals surface area contributed by atoms with Crippen molar-refractivity contribution in [1.29, 1.82) is 0 Å². The first-order valence-electron chi connectivity index (χ1n) is 9.53. The van der Waals surface area contributed by atoms with E-state index in [2.05, 4.69) is 10.3 Å². The maximum atomic E-state index is 13.9. The number of para-hydroxylation sites is 1. The summed E-state index contributed by atoms with van der Waals surface area (Å²) in [7, 11) is 1.43. The van der Waals surface area contributed by atoms with Crippen LogP contribution in [0.25, 0.3) is 10.9 Å². The first kappa shape index (κ1) is 19.5. The van der Waals surface area contributed by atoms with Gasteiger partial charge in [0.05, 0.1) is 12.8 Å². The lowest BCUT2D eigenvalue weighted by molar-refractivity contribution is -0.140. The zero-order chi connectivity index (χ0) is 20.4. The summed E-state index contributed by atoms with van der Waals surface area (Å²) in [5.41, 5.74) is 0.638. The lowest BCUT2D eigenvalue weighted by Gasteiger charge is -2.36. The largest absolute Gasteiger partial charge is 0.494 e. The number of pyridine rings is 1. The van der Waals surface area contributed by atoms with Crippen LogP contribution in [0.1, 0.15) is 11.3 Å². The Hall–Kier alpha value is -2.80. The van der Waals surface area contributed by atoms with Crippen molar-refractivity contribution < 1.29 is 17.9 Å². The molecule has 1 N–H and O–H groups in total. The highest BCUT2D eigenvalue weighted by molar-refractivity contribution is 5.88. The van der Waals surface area contributed by atoms with Crippen molar-refractivity contribution in [3.8, 4) is 5.75 Å². The van der Waals surface area contributed by atoms with Gasteiger partial charge in [0.2, 0.25) is 0 Å². The predicted molar refractivity (Wildman–Crippen MR) is 107 cm³/mol. The smallest absolute Gasteiger partial charge is 0.435 e. The monoisotopic (exact) mass is 401 g/mol. The van der Waals surface area contributed by atoms with E-state index in [0.29, 0.717) is 30.8 Å². The first-order chi connectivity index (χ1) is 14.0.